The summed E-state index contributed by atoms with van der Waals surface area (Å²) in [6, 6.07) is 24.5. The Labute approximate surface area is 189 Å². The van der Waals surface area contributed by atoms with E-state index in [4.69, 9.17) is 4.74 Å². The third-order valence-electron chi connectivity index (χ3n) is 5.29. The number of hydrogen-bond donors (Lipinski definition) is 1. The summed E-state index contributed by atoms with van der Waals surface area (Å²) < 4.78 is 5.50. The minimum atomic E-state index is -0.372. The number of carbonyl (C=O) groups excluding carboxylic acids is 2. The van der Waals surface area contributed by atoms with Crippen LogP contribution in [0, 0.1) is 0 Å². The zero-order valence-corrected chi connectivity index (χ0v) is 18.2. The summed E-state index contributed by atoms with van der Waals surface area (Å²) in [4.78, 5) is 29.2. The molecule has 158 valence electrons. The maximum atomic E-state index is 13.6. The van der Waals surface area contributed by atoms with E-state index in [2.05, 4.69) is 5.32 Å². The van der Waals surface area contributed by atoms with Gasteiger partial charge >= 0.3 is 0 Å². The molecule has 2 heterocycles. The molecule has 0 atom stereocenters. The van der Waals surface area contributed by atoms with Gasteiger partial charge in [0.05, 0.1) is 17.9 Å². The summed E-state index contributed by atoms with van der Waals surface area (Å²) in [5.74, 6) is 0.0441. The fraction of sp³-hybridized carbons (Fsp3) is 0.0769. The van der Waals surface area contributed by atoms with Crippen molar-refractivity contribution >= 4 is 50.9 Å². The van der Waals surface area contributed by atoms with E-state index in [0.717, 1.165) is 21.4 Å². The topological polar surface area (TPSA) is 58.6 Å². The maximum absolute atomic E-state index is 13.6. The summed E-state index contributed by atoms with van der Waals surface area (Å²) in [6.07, 6.45) is 0. The molecule has 5 rings (SSSR count). The standard InChI is InChI=1S/C26H20N2O3S/c1-2-31-19-14-12-18(13-15-19)27-24-23(22-11-6-16-32-22)25(29)28(26(24)30)21-10-5-8-17-7-3-4-9-20(17)21/h3-16,27H,2H2,1H3. The zero-order valence-electron chi connectivity index (χ0n) is 17.4. The number of nitrogens with zero attached hydrogens (tertiary/aromatic N) is 1. The predicted octanol–water partition coefficient (Wildman–Crippen LogP) is 5.70. The molecule has 0 saturated carbocycles. The first-order valence-corrected chi connectivity index (χ1v) is 11.2. The van der Waals surface area contributed by atoms with Gasteiger partial charge in [-0.1, -0.05) is 42.5 Å². The molecule has 5 nitrogen and oxygen atoms in total. The smallest absolute Gasteiger partial charge is 0.282 e. The lowest BCUT2D eigenvalue weighted by Gasteiger charge is -2.17. The number of rotatable bonds is 6. The molecule has 4 aromatic rings. The average Bonchev–Trinajstić information content (AvgIpc) is 3.42. The molecular weight excluding hydrogens is 420 g/mol. The second kappa shape index (κ2) is 8.32. The summed E-state index contributed by atoms with van der Waals surface area (Å²) >= 11 is 1.43. The van der Waals surface area contributed by atoms with E-state index in [9.17, 15) is 9.59 Å². The highest BCUT2D eigenvalue weighted by Crippen LogP contribution is 2.38. The molecule has 0 spiro atoms. The van der Waals surface area contributed by atoms with Gasteiger partial charge in [-0.25, -0.2) is 4.90 Å². The van der Waals surface area contributed by atoms with Crippen LogP contribution in [-0.4, -0.2) is 18.4 Å². The molecule has 0 aliphatic carbocycles. The maximum Gasteiger partial charge on any atom is 0.282 e. The molecular formula is C26H20N2O3S. The predicted molar refractivity (Wildman–Crippen MR) is 129 cm³/mol. The molecule has 1 N–H and O–H groups in total. The number of hydrogen-bond acceptors (Lipinski definition) is 5. The van der Waals surface area contributed by atoms with Gasteiger partial charge in [-0.2, -0.15) is 0 Å². The second-order valence-electron chi connectivity index (χ2n) is 7.25. The summed E-state index contributed by atoms with van der Waals surface area (Å²) in [5.41, 5.74) is 1.94. The van der Waals surface area contributed by atoms with Crippen LogP contribution in [0.3, 0.4) is 0 Å². The minimum absolute atomic E-state index is 0.273. The van der Waals surface area contributed by atoms with Gasteiger partial charge in [0.1, 0.15) is 11.4 Å². The van der Waals surface area contributed by atoms with Crippen LogP contribution in [0.4, 0.5) is 11.4 Å². The van der Waals surface area contributed by atoms with Crippen molar-refractivity contribution in [3.63, 3.8) is 0 Å². The van der Waals surface area contributed by atoms with Crippen molar-refractivity contribution in [2.45, 2.75) is 6.92 Å². The molecule has 3 aromatic carbocycles. The Kier molecular flexibility index (Phi) is 5.21. The number of fused-ring (bicyclic) bond motifs is 1. The van der Waals surface area contributed by atoms with Gasteiger partial charge in [0.25, 0.3) is 11.8 Å². The average molecular weight is 441 g/mol. The minimum Gasteiger partial charge on any atom is -0.494 e. The van der Waals surface area contributed by atoms with E-state index < -0.39 is 0 Å². The molecule has 32 heavy (non-hydrogen) atoms. The van der Waals surface area contributed by atoms with Crippen LogP contribution in [0.5, 0.6) is 5.75 Å². The second-order valence-corrected chi connectivity index (χ2v) is 8.20. The molecule has 0 unspecified atom stereocenters. The van der Waals surface area contributed by atoms with Crippen molar-refractivity contribution in [1.82, 2.24) is 0 Å². The molecule has 0 fully saturated rings. The van der Waals surface area contributed by atoms with Crippen LogP contribution in [0.15, 0.2) is 89.9 Å². The Morgan fingerprint density at radius 3 is 2.41 bits per heavy atom. The summed E-state index contributed by atoms with van der Waals surface area (Å²) in [7, 11) is 0. The molecule has 1 aliphatic heterocycles. The Morgan fingerprint density at radius 2 is 1.66 bits per heavy atom. The van der Waals surface area contributed by atoms with E-state index in [1.807, 2.05) is 91.2 Å². The van der Waals surface area contributed by atoms with Crippen molar-refractivity contribution < 1.29 is 14.3 Å². The van der Waals surface area contributed by atoms with Crippen LogP contribution >= 0.6 is 11.3 Å². The molecule has 6 heteroatoms. The lowest BCUT2D eigenvalue weighted by atomic mass is 10.1. The number of nitrogens with one attached hydrogen (secondary N) is 1. The van der Waals surface area contributed by atoms with Crippen molar-refractivity contribution in [1.29, 1.82) is 0 Å². The summed E-state index contributed by atoms with van der Waals surface area (Å²) in [6.45, 7) is 2.50. The van der Waals surface area contributed by atoms with Crippen molar-refractivity contribution in [2.24, 2.45) is 0 Å². The number of ether oxygens (including phenoxy) is 1. The van der Waals surface area contributed by atoms with Gasteiger partial charge in [-0.15, -0.1) is 11.3 Å². The molecule has 2 amide bonds. The van der Waals surface area contributed by atoms with Crippen molar-refractivity contribution in [3.05, 3.63) is 94.8 Å². The fourth-order valence-electron chi connectivity index (χ4n) is 3.86. The van der Waals surface area contributed by atoms with Crippen LogP contribution in [0.1, 0.15) is 11.8 Å². The van der Waals surface area contributed by atoms with Gasteiger partial charge < -0.3 is 10.1 Å². The first-order chi connectivity index (χ1) is 15.7. The Morgan fingerprint density at radius 1 is 0.875 bits per heavy atom. The molecule has 1 aliphatic rings. The van der Waals surface area contributed by atoms with Gasteiger partial charge in [-0.05, 0) is 54.1 Å². The third kappa shape index (κ3) is 3.44. The highest BCUT2D eigenvalue weighted by molar-refractivity contribution is 7.11. The molecule has 0 bridgehead atoms. The number of anilines is 2. The van der Waals surface area contributed by atoms with Crippen molar-refractivity contribution in [3.8, 4) is 5.75 Å². The Balaban J connectivity index is 1.58. The largest absolute Gasteiger partial charge is 0.494 e. The third-order valence-corrected chi connectivity index (χ3v) is 6.18. The van der Waals surface area contributed by atoms with Gasteiger partial charge in [-0.3, -0.25) is 9.59 Å². The fourth-order valence-corrected chi connectivity index (χ4v) is 4.63. The number of benzene rings is 3. The van der Waals surface area contributed by atoms with Crippen LogP contribution in [0.2, 0.25) is 0 Å². The van der Waals surface area contributed by atoms with Gasteiger partial charge in [0, 0.05) is 16.0 Å². The normalized spacial score (nSPS) is 13.8. The lowest BCUT2D eigenvalue weighted by Crippen LogP contribution is -2.32. The SMILES string of the molecule is CCOc1ccc(NC2=C(c3cccs3)C(=O)N(c3cccc4ccccc34)C2=O)cc1. The van der Waals surface area contributed by atoms with Gasteiger partial charge in [0.2, 0.25) is 0 Å². The number of thiophene rings is 1. The molecule has 1 aromatic heterocycles. The summed E-state index contributed by atoms with van der Waals surface area (Å²) in [5, 5.41) is 6.91. The first-order valence-electron chi connectivity index (χ1n) is 10.3. The molecule has 0 radical (unpaired) electrons. The van der Waals surface area contributed by atoms with Crippen LogP contribution < -0.4 is 15.0 Å². The monoisotopic (exact) mass is 440 g/mol. The van der Waals surface area contributed by atoms with E-state index in [1.165, 1.54) is 16.2 Å². The Hall–Kier alpha value is -3.90. The van der Waals surface area contributed by atoms with Crippen molar-refractivity contribution in [2.75, 3.05) is 16.8 Å². The number of imide groups is 1. The van der Waals surface area contributed by atoms with E-state index in [1.54, 1.807) is 0 Å². The highest BCUT2D eigenvalue weighted by Gasteiger charge is 2.41. The van der Waals surface area contributed by atoms with Gasteiger partial charge in [0.15, 0.2) is 0 Å². The van der Waals surface area contributed by atoms with Crippen LogP contribution in [-0.2, 0) is 9.59 Å². The number of amides is 2. The quantitative estimate of drug-likeness (QED) is 0.391. The van der Waals surface area contributed by atoms with E-state index in [0.29, 0.717) is 23.6 Å². The first kappa shape index (κ1) is 20.0. The molecule has 0 saturated heterocycles. The Bertz CT molecular complexity index is 1340. The van der Waals surface area contributed by atoms with E-state index in [-0.39, 0.29) is 17.5 Å². The van der Waals surface area contributed by atoms with E-state index >= 15 is 0 Å². The lowest BCUT2D eigenvalue weighted by molar-refractivity contribution is -0.120. The van der Waals surface area contributed by atoms with Crippen LogP contribution in [0.25, 0.3) is 16.3 Å². The highest BCUT2D eigenvalue weighted by atomic mass is 32.1. The zero-order chi connectivity index (χ0) is 22.1. The number of carbonyl (C=O) groups is 2.